The van der Waals surface area contributed by atoms with Gasteiger partial charge in [0.1, 0.15) is 17.4 Å². The van der Waals surface area contributed by atoms with Crippen LogP contribution in [0.4, 0.5) is 8.78 Å². The fourth-order valence-corrected chi connectivity index (χ4v) is 1.45. The summed E-state index contributed by atoms with van der Waals surface area (Å²) in [4.78, 5) is 0. The first-order valence-electron chi connectivity index (χ1n) is 4.08. The Morgan fingerprint density at radius 2 is 2.14 bits per heavy atom. The lowest BCUT2D eigenvalue weighted by atomic mass is 10.1. The zero-order valence-electron chi connectivity index (χ0n) is 7.57. The number of nitrogens with one attached hydrogen (secondary N) is 1. The Kier molecular flexibility index (Phi) is 3.83. The van der Waals surface area contributed by atoms with Gasteiger partial charge in [-0.05, 0) is 35.9 Å². The average molecular weight is 266 g/mol. The van der Waals surface area contributed by atoms with Crippen LogP contribution in [-0.2, 0) is 6.42 Å². The van der Waals surface area contributed by atoms with Crippen molar-refractivity contribution in [2.75, 3.05) is 13.6 Å². The summed E-state index contributed by atoms with van der Waals surface area (Å²) in [5, 5.41) is 11.9. The molecule has 0 fully saturated rings. The molecule has 2 nitrogen and oxygen atoms in total. The summed E-state index contributed by atoms with van der Waals surface area (Å²) in [6.45, 7) is 0.477. The van der Waals surface area contributed by atoms with E-state index in [1.807, 2.05) is 0 Å². The van der Waals surface area contributed by atoms with E-state index in [9.17, 15) is 8.78 Å². The fourth-order valence-electron chi connectivity index (χ4n) is 1.10. The van der Waals surface area contributed by atoms with Gasteiger partial charge in [-0.1, -0.05) is 0 Å². The molecule has 0 heterocycles. The van der Waals surface area contributed by atoms with Crippen molar-refractivity contribution in [1.29, 1.82) is 0 Å². The zero-order valence-corrected chi connectivity index (χ0v) is 9.16. The highest BCUT2D eigenvalue weighted by molar-refractivity contribution is 9.10. The number of benzene rings is 1. The maximum atomic E-state index is 13.4. The molecular weight excluding hydrogens is 256 g/mol. The average Bonchev–Trinajstić information content (AvgIpc) is 2.14. The molecule has 0 saturated heterocycles. The van der Waals surface area contributed by atoms with Crippen LogP contribution in [0.3, 0.4) is 0 Å². The SMILES string of the molecule is CNCCc1c(F)cc(O)c(Br)c1F. The second kappa shape index (κ2) is 4.70. The smallest absolute Gasteiger partial charge is 0.147 e. The van der Waals surface area contributed by atoms with Crippen LogP contribution < -0.4 is 5.32 Å². The number of hydrogen-bond acceptors (Lipinski definition) is 2. The van der Waals surface area contributed by atoms with Crippen LogP contribution in [0.2, 0.25) is 0 Å². The number of hydrogen-bond donors (Lipinski definition) is 2. The Balaban J connectivity index is 3.09. The number of halogens is 3. The first-order valence-corrected chi connectivity index (χ1v) is 4.87. The van der Waals surface area contributed by atoms with E-state index in [1.54, 1.807) is 7.05 Å². The number of phenolic OH excluding ortho intramolecular Hbond substituents is 1. The normalized spacial score (nSPS) is 10.6. The van der Waals surface area contributed by atoms with Crippen LogP contribution >= 0.6 is 15.9 Å². The van der Waals surface area contributed by atoms with Crippen LogP contribution in [0.1, 0.15) is 5.56 Å². The maximum Gasteiger partial charge on any atom is 0.147 e. The Bertz CT molecular complexity index is 344. The second-order valence-electron chi connectivity index (χ2n) is 2.84. The van der Waals surface area contributed by atoms with Crippen molar-refractivity contribution >= 4 is 15.9 Å². The number of rotatable bonds is 3. The van der Waals surface area contributed by atoms with E-state index < -0.39 is 17.4 Å². The van der Waals surface area contributed by atoms with Gasteiger partial charge < -0.3 is 10.4 Å². The molecule has 0 unspecified atom stereocenters. The molecule has 1 aromatic carbocycles. The Labute approximate surface area is 89.1 Å². The molecule has 78 valence electrons. The van der Waals surface area contributed by atoms with Gasteiger partial charge in [-0.2, -0.15) is 0 Å². The molecule has 1 aromatic rings. The lowest BCUT2D eigenvalue weighted by Gasteiger charge is -2.07. The molecule has 5 heteroatoms. The van der Waals surface area contributed by atoms with Gasteiger partial charge in [0.2, 0.25) is 0 Å². The van der Waals surface area contributed by atoms with Gasteiger partial charge in [-0.25, -0.2) is 8.78 Å². The van der Waals surface area contributed by atoms with Gasteiger partial charge in [0.15, 0.2) is 0 Å². The molecular formula is C9H10BrF2NO. The van der Waals surface area contributed by atoms with Gasteiger partial charge in [-0.3, -0.25) is 0 Å². The third-order valence-corrected chi connectivity index (χ3v) is 2.61. The maximum absolute atomic E-state index is 13.4. The molecule has 0 saturated carbocycles. The number of phenols is 1. The molecule has 2 N–H and O–H groups in total. The lowest BCUT2D eigenvalue weighted by Crippen LogP contribution is -2.12. The topological polar surface area (TPSA) is 32.3 Å². The third kappa shape index (κ3) is 2.22. The molecule has 0 radical (unpaired) electrons. The largest absolute Gasteiger partial charge is 0.507 e. The molecule has 0 aliphatic heterocycles. The molecule has 0 atom stereocenters. The van der Waals surface area contributed by atoms with Gasteiger partial charge >= 0.3 is 0 Å². The molecule has 0 spiro atoms. The van der Waals surface area contributed by atoms with Crippen molar-refractivity contribution in [3.05, 3.63) is 27.7 Å². The Morgan fingerprint density at radius 3 is 2.71 bits per heavy atom. The highest BCUT2D eigenvalue weighted by Crippen LogP contribution is 2.30. The summed E-state index contributed by atoms with van der Waals surface area (Å²) in [6, 6.07) is 0.901. The first kappa shape index (κ1) is 11.4. The van der Waals surface area contributed by atoms with Gasteiger partial charge in [0, 0.05) is 11.6 Å². The summed E-state index contributed by atoms with van der Waals surface area (Å²) in [6.07, 6.45) is 0.243. The van der Waals surface area contributed by atoms with E-state index >= 15 is 0 Å². The Morgan fingerprint density at radius 1 is 1.50 bits per heavy atom. The van der Waals surface area contributed by atoms with Crippen LogP contribution in [-0.4, -0.2) is 18.7 Å². The van der Waals surface area contributed by atoms with Crippen LogP contribution in [0.25, 0.3) is 0 Å². The van der Waals surface area contributed by atoms with Crippen molar-refractivity contribution in [3.63, 3.8) is 0 Å². The quantitative estimate of drug-likeness (QED) is 0.822. The van der Waals surface area contributed by atoms with E-state index in [1.165, 1.54) is 0 Å². The van der Waals surface area contributed by atoms with E-state index in [0.717, 1.165) is 6.07 Å². The summed E-state index contributed by atoms with van der Waals surface area (Å²) in [5.74, 6) is -1.88. The molecule has 14 heavy (non-hydrogen) atoms. The van der Waals surface area contributed by atoms with Gasteiger partial charge in [0.25, 0.3) is 0 Å². The summed E-state index contributed by atoms with van der Waals surface area (Å²) >= 11 is 2.84. The molecule has 0 aromatic heterocycles. The monoisotopic (exact) mass is 265 g/mol. The minimum absolute atomic E-state index is 0.0241. The first-order chi connectivity index (χ1) is 6.57. The minimum Gasteiger partial charge on any atom is -0.507 e. The summed E-state index contributed by atoms with van der Waals surface area (Å²) in [7, 11) is 1.70. The summed E-state index contributed by atoms with van der Waals surface area (Å²) < 4.78 is 26.4. The summed E-state index contributed by atoms with van der Waals surface area (Å²) in [5.41, 5.74) is -0.0241. The molecule has 0 amide bonds. The van der Waals surface area contributed by atoms with Crippen molar-refractivity contribution in [3.8, 4) is 5.75 Å². The van der Waals surface area contributed by atoms with Gasteiger partial charge in [0.05, 0.1) is 4.47 Å². The molecule has 0 aliphatic rings. The molecule has 0 bridgehead atoms. The van der Waals surface area contributed by atoms with Crippen molar-refractivity contribution < 1.29 is 13.9 Å². The third-order valence-electron chi connectivity index (χ3n) is 1.86. The fraction of sp³-hybridized carbons (Fsp3) is 0.333. The van der Waals surface area contributed by atoms with E-state index in [0.29, 0.717) is 6.54 Å². The highest BCUT2D eigenvalue weighted by Gasteiger charge is 2.15. The van der Waals surface area contributed by atoms with Crippen LogP contribution in [0, 0.1) is 11.6 Å². The number of aromatic hydroxyl groups is 1. The predicted octanol–water partition coefficient (Wildman–Crippen LogP) is 2.19. The standard InChI is InChI=1S/C9H10BrF2NO/c1-13-3-2-5-6(11)4-7(14)8(10)9(5)12/h4,13-14H,2-3H2,1H3. The molecule has 0 aliphatic carbocycles. The molecule has 1 rings (SSSR count). The van der Waals surface area contributed by atoms with Crippen molar-refractivity contribution in [1.82, 2.24) is 5.32 Å². The van der Waals surface area contributed by atoms with Gasteiger partial charge in [-0.15, -0.1) is 0 Å². The van der Waals surface area contributed by atoms with Crippen LogP contribution in [0.5, 0.6) is 5.75 Å². The minimum atomic E-state index is -0.738. The lowest BCUT2D eigenvalue weighted by molar-refractivity contribution is 0.450. The van der Waals surface area contributed by atoms with Crippen LogP contribution in [0.15, 0.2) is 10.5 Å². The highest BCUT2D eigenvalue weighted by atomic mass is 79.9. The van der Waals surface area contributed by atoms with Crippen molar-refractivity contribution in [2.45, 2.75) is 6.42 Å². The second-order valence-corrected chi connectivity index (χ2v) is 3.63. The van der Waals surface area contributed by atoms with E-state index in [2.05, 4.69) is 21.2 Å². The predicted molar refractivity (Wildman–Crippen MR) is 53.4 cm³/mol. The van der Waals surface area contributed by atoms with E-state index in [4.69, 9.17) is 5.11 Å². The Hall–Kier alpha value is -0.680. The van der Waals surface area contributed by atoms with E-state index in [-0.39, 0.29) is 16.5 Å². The number of likely N-dealkylation sites (N-methyl/N-ethyl adjacent to an activating group) is 1. The zero-order chi connectivity index (χ0) is 10.7. The van der Waals surface area contributed by atoms with Crippen molar-refractivity contribution in [2.24, 2.45) is 0 Å².